The average molecular weight is 411 g/mol. The van der Waals surface area contributed by atoms with Gasteiger partial charge in [-0.3, -0.25) is 0 Å². The number of carboxylic acids is 1. The summed E-state index contributed by atoms with van der Waals surface area (Å²) in [5.41, 5.74) is -1.43. The molecule has 0 radical (unpaired) electrons. The molecule has 3 aromatic rings. The lowest BCUT2D eigenvalue weighted by molar-refractivity contribution is -0.141. The smallest absolute Gasteiger partial charge is 0.435 e. The largest absolute Gasteiger partial charge is 0.478 e. The first kappa shape index (κ1) is 19.6. The third-order valence-electron chi connectivity index (χ3n) is 3.84. The van der Waals surface area contributed by atoms with Crippen molar-refractivity contribution in [3.63, 3.8) is 0 Å². The van der Waals surface area contributed by atoms with Crippen LogP contribution in [0.4, 0.5) is 13.2 Å². The fraction of sp³-hybridized carbons (Fsp3) is 0.0588. The number of nitrogens with two attached hydrogens (primary N) is 1. The minimum atomic E-state index is -4.77. The number of hydrogen-bond donors (Lipinski definition) is 2. The van der Waals surface area contributed by atoms with Gasteiger partial charge in [0.25, 0.3) is 0 Å². The summed E-state index contributed by atoms with van der Waals surface area (Å²) in [6.07, 6.45) is -4.77. The van der Waals surface area contributed by atoms with E-state index in [0.29, 0.717) is 0 Å². The highest BCUT2D eigenvalue weighted by molar-refractivity contribution is 7.89. The molecule has 0 saturated carbocycles. The van der Waals surface area contributed by atoms with Gasteiger partial charge in [-0.1, -0.05) is 18.2 Å². The number of aromatic carboxylic acids is 1. The van der Waals surface area contributed by atoms with Crippen LogP contribution < -0.4 is 5.14 Å². The molecule has 0 fully saturated rings. The number of hydrogen-bond acceptors (Lipinski definition) is 4. The molecule has 0 unspecified atom stereocenters. The van der Waals surface area contributed by atoms with E-state index in [-0.39, 0.29) is 27.4 Å². The van der Waals surface area contributed by atoms with Gasteiger partial charge in [0.1, 0.15) is 0 Å². The Bertz CT molecular complexity index is 1150. The number of primary sulfonamides is 1. The molecule has 1 aromatic heterocycles. The Hall–Kier alpha value is -3.18. The first-order valence-electron chi connectivity index (χ1n) is 7.61. The number of carbonyl (C=O) groups is 1. The summed E-state index contributed by atoms with van der Waals surface area (Å²) in [6.45, 7) is 0. The van der Waals surface area contributed by atoms with Crippen LogP contribution in [0.25, 0.3) is 16.9 Å². The van der Waals surface area contributed by atoms with Gasteiger partial charge in [0.05, 0.1) is 21.8 Å². The molecule has 0 aliphatic carbocycles. The SMILES string of the molecule is NS(=O)(=O)c1ccc(-n2nc(C(F)(F)F)cc2-c2ccccc2C(=O)O)cc1. The number of aromatic nitrogens is 2. The van der Waals surface area contributed by atoms with E-state index in [1.165, 1.54) is 36.4 Å². The maximum Gasteiger partial charge on any atom is 0.435 e. The van der Waals surface area contributed by atoms with Crippen LogP contribution in [0.2, 0.25) is 0 Å². The molecule has 2 aromatic carbocycles. The van der Waals surface area contributed by atoms with Gasteiger partial charge in [-0.25, -0.2) is 23.0 Å². The Morgan fingerprint density at radius 1 is 1.07 bits per heavy atom. The standard InChI is InChI=1S/C17H12F3N3O4S/c18-17(19,20)15-9-14(12-3-1-2-4-13(12)16(24)25)23(22-15)10-5-7-11(8-6-10)28(21,26)27/h1-9H,(H,24,25)(H2,21,26,27). The molecule has 0 amide bonds. The van der Waals surface area contributed by atoms with E-state index in [0.717, 1.165) is 22.9 Å². The van der Waals surface area contributed by atoms with Crippen molar-refractivity contribution in [2.45, 2.75) is 11.1 Å². The summed E-state index contributed by atoms with van der Waals surface area (Å²) >= 11 is 0. The summed E-state index contributed by atoms with van der Waals surface area (Å²) in [5, 5.41) is 17.9. The maximum atomic E-state index is 13.2. The van der Waals surface area contributed by atoms with Crippen LogP contribution in [0.1, 0.15) is 16.1 Å². The number of sulfonamides is 1. The number of nitrogens with zero attached hydrogens (tertiary/aromatic N) is 2. The molecule has 146 valence electrons. The molecule has 0 aliphatic heterocycles. The maximum absolute atomic E-state index is 13.2. The second-order valence-electron chi connectivity index (χ2n) is 5.71. The van der Waals surface area contributed by atoms with Crippen LogP contribution in [-0.4, -0.2) is 29.3 Å². The van der Waals surface area contributed by atoms with E-state index in [9.17, 15) is 31.5 Å². The van der Waals surface area contributed by atoms with Gasteiger partial charge in [-0.15, -0.1) is 0 Å². The first-order valence-corrected chi connectivity index (χ1v) is 9.16. The number of benzene rings is 2. The van der Waals surface area contributed by atoms with Crippen LogP contribution in [0.5, 0.6) is 0 Å². The zero-order chi connectivity index (χ0) is 20.7. The second-order valence-corrected chi connectivity index (χ2v) is 7.28. The van der Waals surface area contributed by atoms with Crippen LogP contribution in [0, 0.1) is 0 Å². The molecule has 0 spiro atoms. The quantitative estimate of drug-likeness (QED) is 0.685. The zero-order valence-corrected chi connectivity index (χ0v) is 14.7. The molecule has 28 heavy (non-hydrogen) atoms. The molecular formula is C17H12F3N3O4S. The van der Waals surface area contributed by atoms with Crippen molar-refractivity contribution in [3.8, 4) is 16.9 Å². The van der Waals surface area contributed by atoms with Crippen molar-refractivity contribution in [2.24, 2.45) is 5.14 Å². The minimum Gasteiger partial charge on any atom is -0.478 e. The van der Waals surface area contributed by atoms with Crippen molar-refractivity contribution >= 4 is 16.0 Å². The monoisotopic (exact) mass is 411 g/mol. The minimum absolute atomic E-state index is 0.0218. The van der Waals surface area contributed by atoms with Gasteiger partial charge in [-0.2, -0.15) is 18.3 Å². The third-order valence-corrected chi connectivity index (χ3v) is 4.77. The van der Waals surface area contributed by atoms with Crippen LogP contribution in [-0.2, 0) is 16.2 Å². The topological polar surface area (TPSA) is 115 Å². The highest BCUT2D eigenvalue weighted by atomic mass is 32.2. The van der Waals surface area contributed by atoms with E-state index in [2.05, 4.69) is 5.10 Å². The summed E-state index contributed by atoms with van der Waals surface area (Å²) < 4.78 is 63.2. The molecule has 0 saturated heterocycles. The van der Waals surface area contributed by atoms with Crippen molar-refractivity contribution in [3.05, 3.63) is 65.9 Å². The molecule has 0 bridgehead atoms. The van der Waals surface area contributed by atoms with E-state index >= 15 is 0 Å². The molecular weight excluding hydrogens is 399 g/mol. The lowest BCUT2D eigenvalue weighted by Crippen LogP contribution is -2.12. The Balaban J connectivity index is 2.25. The van der Waals surface area contributed by atoms with Crippen LogP contribution >= 0.6 is 0 Å². The molecule has 3 N–H and O–H groups in total. The van der Waals surface area contributed by atoms with Crippen molar-refractivity contribution in [1.82, 2.24) is 9.78 Å². The van der Waals surface area contributed by atoms with E-state index in [1.807, 2.05) is 0 Å². The second kappa shape index (κ2) is 6.77. The average Bonchev–Trinajstić information content (AvgIpc) is 3.06. The van der Waals surface area contributed by atoms with Crippen LogP contribution in [0.15, 0.2) is 59.5 Å². The summed E-state index contributed by atoms with van der Waals surface area (Å²) in [7, 11) is -3.99. The van der Waals surface area contributed by atoms with Gasteiger partial charge in [0, 0.05) is 5.56 Å². The van der Waals surface area contributed by atoms with Gasteiger partial charge in [-0.05, 0) is 36.4 Å². The van der Waals surface area contributed by atoms with Gasteiger partial charge in [0.15, 0.2) is 5.69 Å². The Morgan fingerprint density at radius 2 is 1.68 bits per heavy atom. The van der Waals surface area contributed by atoms with E-state index in [4.69, 9.17) is 5.14 Å². The summed E-state index contributed by atoms with van der Waals surface area (Å²) in [4.78, 5) is 11.2. The van der Waals surface area contributed by atoms with Crippen molar-refractivity contribution in [1.29, 1.82) is 0 Å². The highest BCUT2D eigenvalue weighted by Crippen LogP contribution is 2.34. The molecule has 1 heterocycles. The molecule has 11 heteroatoms. The highest BCUT2D eigenvalue weighted by Gasteiger charge is 2.35. The molecule has 7 nitrogen and oxygen atoms in total. The number of rotatable bonds is 4. The zero-order valence-electron chi connectivity index (χ0n) is 13.9. The molecule has 0 atom stereocenters. The first-order chi connectivity index (χ1) is 13.0. The van der Waals surface area contributed by atoms with Gasteiger partial charge < -0.3 is 5.11 Å². The fourth-order valence-electron chi connectivity index (χ4n) is 2.58. The van der Waals surface area contributed by atoms with E-state index in [1.54, 1.807) is 0 Å². The lowest BCUT2D eigenvalue weighted by Gasteiger charge is -2.10. The normalized spacial score (nSPS) is 12.1. The third kappa shape index (κ3) is 3.75. The summed E-state index contributed by atoms with van der Waals surface area (Å²) in [5.74, 6) is -1.32. The lowest BCUT2D eigenvalue weighted by atomic mass is 10.0. The number of carboxylic acid groups (broad SMARTS) is 1. The number of alkyl halides is 3. The number of halogens is 3. The molecule has 0 aliphatic rings. The fourth-order valence-corrected chi connectivity index (χ4v) is 3.09. The van der Waals surface area contributed by atoms with Crippen molar-refractivity contribution < 1.29 is 31.5 Å². The molecule has 3 rings (SSSR count). The Morgan fingerprint density at radius 3 is 2.21 bits per heavy atom. The predicted molar refractivity (Wildman–Crippen MR) is 92.3 cm³/mol. The van der Waals surface area contributed by atoms with Gasteiger partial charge in [0.2, 0.25) is 10.0 Å². The van der Waals surface area contributed by atoms with Crippen LogP contribution in [0.3, 0.4) is 0 Å². The Kier molecular flexibility index (Phi) is 4.73. The summed E-state index contributed by atoms with van der Waals surface area (Å²) in [6, 6.07) is 11.0. The van der Waals surface area contributed by atoms with Crippen molar-refractivity contribution in [2.75, 3.05) is 0 Å². The van der Waals surface area contributed by atoms with Gasteiger partial charge >= 0.3 is 12.1 Å². The van der Waals surface area contributed by atoms with E-state index < -0.39 is 27.9 Å². The Labute approximate surface area is 156 Å². The predicted octanol–water partition coefficient (Wildman–Crippen LogP) is 2.90.